The number of allylic oxidation sites excluding steroid dienone is 8. The van der Waals surface area contributed by atoms with Crippen molar-refractivity contribution in [2.45, 2.75) is 33.1 Å². The van der Waals surface area contributed by atoms with Crippen molar-refractivity contribution in [3.63, 3.8) is 0 Å². The molecule has 0 saturated carbocycles. The molecule has 0 unspecified atom stereocenters. The molecule has 124 valence electrons. The van der Waals surface area contributed by atoms with Gasteiger partial charge in [-0.15, -0.1) is 0 Å². The lowest BCUT2D eigenvalue weighted by Crippen LogP contribution is -2.26. The molecule has 2 aliphatic carbocycles. The summed E-state index contributed by atoms with van der Waals surface area (Å²) < 4.78 is 0. The Kier molecular flexibility index (Phi) is 3.65. The highest BCUT2D eigenvalue weighted by atomic mass is 14.5. The summed E-state index contributed by atoms with van der Waals surface area (Å²) in [6, 6.07) is 17.8. The molecule has 0 aliphatic heterocycles. The van der Waals surface area contributed by atoms with Crippen LogP contribution < -0.4 is 0 Å². The Morgan fingerprint density at radius 1 is 0.560 bits per heavy atom. The van der Waals surface area contributed by atoms with Gasteiger partial charge in [0.1, 0.15) is 0 Å². The van der Waals surface area contributed by atoms with Gasteiger partial charge in [-0.25, -0.2) is 0 Å². The zero-order valence-corrected chi connectivity index (χ0v) is 15.4. The summed E-state index contributed by atoms with van der Waals surface area (Å²) in [6.45, 7) is 8.66. The summed E-state index contributed by atoms with van der Waals surface area (Å²) in [5.74, 6) is 0. The van der Waals surface area contributed by atoms with Crippen LogP contribution in [0.5, 0.6) is 0 Å². The SMILES string of the molecule is C/C=C1\C(=C/C)C2(C(=C/C)/C(=C\C)c3ccccc32)c2ccccc21. The van der Waals surface area contributed by atoms with Crippen LogP contribution in [0.2, 0.25) is 0 Å². The lowest BCUT2D eigenvalue weighted by Gasteiger charge is -2.31. The van der Waals surface area contributed by atoms with Crippen LogP contribution >= 0.6 is 0 Å². The second-order valence-electron chi connectivity index (χ2n) is 6.65. The van der Waals surface area contributed by atoms with E-state index in [1.807, 2.05) is 0 Å². The second-order valence-corrected chi connectivity index (χ2v) is 6.65. The molecule has 1 spiro atoms. The average molecular weight is 324 g/mol. The number of hydrogen-bond acceptors (Lipinski definition) is 0. The molecule has 2 aliphatic rings. The maximum atomic E-state index is 2.31. The molecule has 0 heterocycles. The van der Waals surface area contributed by atoms with E-state index in [1.54, 1.807) is 0 Å². The number of fused-ring (bicyclic) bond motifs is 4. The highest BCUT2D eigenvalue weighted by Crippen LogP contribution is 2.64. The van der Waals surface area contributed by atoms with Gasteiger partial charge in [0.05, 0.1) is 5.41 Å². The van der Waals surface area contributed by atoms with Gasteiger partial charge in [-0.2, -0.15) is 0 Å². The van der Waals surface area contributed by atoms with Gasteiger partial charge in [0, 0.05) is 0 Å². The van der Waals surface area contributed by atoms with Crippen molar-refractivity contribution >= 4 is 11.1 Å². The second kappa shape index (κ2) is 5.74. The molecule has 0 saturated heterocycles. The van der Waals surface area contributed by atoms with Crippen LogP contribution in [-0.4, -0.2) is 0 Å². The third kappa shape index (κ3) is 1.77. The van der Waals surface area contributed by atoms with E-state index in [0.717, 1.165) is 0 Å². The molecule has 0 amide bonds. The van der Waals surface area contributed by atoms with Crippen molar-refractivity contribution in [3.8, 4) is 0 Å². The molecule has 4 rings (SSSR count). The fourth-order valence-electron chi connectivity index (χ4n) is 5.02. The van der Waals surface area contributed by atoms with Crippen LogP contribution in [0.3, 0.4) is 0 Å². The van der Waals surface area contributed by atoms with Gasteiger partial charge in [-0.05, 0) is 72.2 Å². The van der Waals surface area contributed by atoms with Crippen molar-refractivity contribution in [1.82, 2.24) is 0 Å². The monoisotopic (exact) mass is 324 g/mol. The van der Waals surface area contributed by atoms with Gasteiger partial charge in [0.2, 0.25) is 0 Å². The van der Waals surface area contributed by atoms with Crippen molar-refractivity contribution in [3.05, 3.63) is 106 Å². The number of rotatable bonds is 0. The van der Waals surface area contributed by atoms with Crippen LogP contribution in [0, 0.1) is 0 Å². The Morgan fingerprint density at radius 2 is 0.960 bits per heavy atom. The van der Waals surface area contributed by atoms with E-state index in [1.165, 1.54) is 44.5 Å². The zero-order chi connectivity index (χ0) is 17.6. The molecule has 2 aromatic rings. The van der Waals surface area contributed by atoms with Crippen LogP contribution in [0.15, 0.2) is 84.0 Å². The van der Waals surface area contributed by atoms with Gasteiger partial charge in [-0.1, -0.05) is 72.8 Å². The highest BCUT2D eigenvalue weighted by Gasteiger charge is 2.53. The minimum absolute atomic E-state index is 0.180. The molecule has 2 aromatic carbocycles. The van der Waals surface area contributed by atoms with E-state index in [-0.39, 0.29) is 5.41 Å². The van der Waals surface area contributed by atoms with Crippen molar-refractivity contribution < 1.29 is 0 Å². The summed E-state index contributed by atoms with van der Waals surface area (Å²) in [5.41, 5.74) is 10.9. The standard InChI is InChI=1S/C25H24/c1-5-17-19-13-9-11-15-23(19)25(21(17)7-3)22(8-4)18(6-2)20-14-10-12-16-24(20)25/h5-16H,1-4H3/b17-5-,18-6-,21-7+,22-8+. The first-order valence-electron chi connectivity index (χ1n) is 9.12. The zero-order valence-electron chi connectivity index (χ0n) is 15.4. The van der Waals surface area contributed by atoms with Crippen LogP contribution in [-0.2, 0) is 5.41 Å². The van der Waals surface area contributed by atoms with Crippen LogP contribution in [0.4, 0.5) is 0 Å². The van der Waals surface area contributed by atoms with Crippen molar-refractivity contribution in [2.75, 3.05) is 0 Å². The Morgan fingerprint density at radius 3 is 1.32 bits per heavy atom. The summed E-state index contributed by atoms with van der Waals surface area (Å²) in [5, 5.41) is 0. The lowest BCUT2D eigenvalue weighted by molar-refractivity contribution is 0.791. The molecule has 0 atom stereocenters. The molecule has 25 heavy (non-hydrogen) atoms. The number of hydrogen-bond donors (Lipinski definition) is 0. The molecule has 0 nitrogen and oxygen atoms in total. The van der Waals surface area contributed by atoms with E-state index in [9.17, 15) is 0 Å². The molecule has 0 aromatic heterocycles. The summed E-state index contributed by atoms with van der Waals surface area (Å²) >= 11 is 0. The predicted octanol–water partition coefficient (Wildman–Crippen LogP) is 6.70. The first-order chi connectivity index (χ1) is 12.2. The Balaban J connectivity index is 2.24. The van der Waals surface area contributed by atoms with Gasteiger partial charge >= 0.3 is 0 Å². The smallest absolute Gasteiger partial charge is 0.0718 e. The van der Waals surface area contributed by atoms with E-state index >= 15 is 0 Å². The normalized spacial score (nSPS) is 27.7. The largest absolute Gasteiger partial charge is 0.0822 e. The highest BCUT2D eigenvalue weighted by molar-refractivity contribution is 6.03. The molecule has 0 bridgehead atoms. The number of benzene rings is 2. The average Bonchev–Trinajstić information content (AvgIpc) is 3.12. The van der Waals surface area contributed by atoms with Gasteiger partial charge < -0.3 is 0 Å². The quantitative estimate of drug-likeness (QED) is 0.506. The first-order valence-corrected chi connectivity index (χ1v) is 9.12. The van der Waals surface area contributed by atoms with Crippen molar-refractivity contribution in [2.24, 2.45) is 0 Å². The molecule has 0 heteroatoms. The van der Waals surface area contributed by atoms with Gasteiger partial charge in [-0.3, -0.25) is 0 Å². The summed E-state index contributed by atoms with van der Waals surface area (Å²) in [6.07, 6.45) is 9.17. The summed E-state index contributed by atoms with van der Waals surface area (Å²) in [4.78, 5) is 0. The van der Waals surface area contributed by atoms with Crippen LogP contribution in [0.25, 0.3) is 11.1 Å². The van der Waals surface area contributed by atoms with E-state index in [4.69, 9.17) is 0 Å². The third-order valence-corrected chi connectivity index (χ3v) is 5.79. The first kappa shape index (κ1) is 15.9. The maximum Gasteiger partial charge on any atom is 0.0718 e. The van der Waals surface area contributed by atoms with E-state index < -0.39 is 0 Å². The summed E-state index contributed by atoms with van der Waals surface area (Å²) in [7, 11) is 0. The molecular formula is C25H24. The molecule has 0 radical (unpaired) electrons. The topological polar surface area (TPSA) is 0 Å². The van der Waals surface area contributed by atoms with E-state index in [0.29, 0.717) is 0 Å². The third-order valence-electron chi connectivity index (χ3n) is 5.79. The Hall–Kier alpha value is -2.60. The van der Waals surface area contributed by atoms with Gasteiger partial charge in [0.15, 0.2) is 0 Å². The Labute approximate surface area is 150 Å². The Bertz CT molecular complexity index is 895. The van der Waals surface area contributed by atoms with Crippen molar-refractivity contribution in [1.29, 1.82) is 0 Å². The predicted molar refractivity (Wildman–Crippen MR) is 108 cm³/mol. The van der Waals surface area contributed by atoms with Crippen LogP contribution in [0.1, 0.15) is 49.9 Å². The minimum atomic E-state index is -0.180. The molecular weight excluding hydrogens is 300 g/mol. The lowest BCUT2D eigenvalue weighted by atomic mass is 9.70. The molecule has 0 N–H and O–H groups in total. The maximum absolute atomic E-state index is 2.31. The molecule has 0 fully saturated rings. The van der Waals surface area contributed by atoms with Gasteiger partial charge in [0.25, 0.3) is 0 Å². The van der Waals surface area contributed by atoms with E-state index in [2.05, 4.69) is 101 Å². The fourth-order valence-corrected chi connectivity index (χ4v) is 5.02. The minimum Gasteiger partial charge on any atom is -0.0822 e. The fraction of sp³-hybridized carbons (Fsp3) is 0.200.